The first-order valence-electron chi connectivity index (χ1n) is 11.8. The van der Waals surface area contributed by atoms with Gasteiger partial charge in [-0.1, -0.05) is 45.4 Å². The summed E-state index contributed by atoms with van der Waals surface area (Å²) in [6.07, 6.45) is 11.8. The van der Waals surface area contributed by atoms with Crippen molar-refractivity contribution in [2.24, 2.45) is 0 Å². The molecule has 0 aromatic carbocycles. The minimum absolute atomic E-state index is 0.0118. The van der Waals surface area contributed by atoms with E-state index in [1.165, 1.54) is 37.0 Å². The predicted octanol–water partition coefficient (Wildman–Crippen LogP) is 3.59. The Morgan fingerprint density at radius 2 is 1.53 bits per heavy atom. The van der Waals surface area contributed by atoms with Gasteiger partial charge in [-0.25, -0.2) is 4.79 Å². The second-order valence-electron chi connectivity index (χ2n) is 8.43. The van der Waals surface area contributed by atoms with E-state index in [1.807, 2.05) is 0 Å². The minimum Gasteiger partial charge on any atom is -0.464 e. The molecule has 2 aliphatic heterocycles. The predicted molar refractivity (Wildman–Crippen MR) is 113 cm³/mol. The number of ether oxygens (including phenoxy) is 1. The highest BCUT2D eigenvalue weighted by atomic mass is 16.5. The molecule has 2 fully saturated rings. The fourth-order valence-corrected chi connectivity index (χ4v) is 4.21. The van der Waals surface area contributed by atoms with Gasteiger partial charge < -0.3 is 9.64 Å². The molecule has 0 spiro atoms. The van der Waals surface area contributed by atoms with Crippen LogP contribution in [-0.4, -0.2) is 59.2 Å². The maximum atomic E-state index is 12.7. The van der Waals surface area contributed by atoms with Crippen molar-refractivity contribution in [3.63, 3.8) is 0 Å². The molecule has 2 saturated heterocycles. The first kappa shape index (κ1) is 24.4. The number of hydrogen-bond donors (Lipinski definition) is 0. The highest BCUT2D eigenvalue weighted by molar-refractivity contribution is 6.01. The molecule has 170 valence electrons. The molecule has 7 heteroatoms. The lowest BCUT2D eigenvalue weighted by atomic mass is 10.1. The first-order valence-corrected chi connectivity index (χ1v) is 11.8. The summed E-state index contributed by atoms with van der Waals surface area (Å²) in [5, 5.41) is 0. The third-order valence-electron chi connectivity index (χ3n) is 6.01. The largest absolute Gasteiger partial charge is 0.464 e. The molecule has 1 atom stereocenters. The van der Waals surface area contributed by atoms with Crippen molar-refractivity contribution >= 4 is 23.7 Å². The molecule has 3 amide bonds. The number of amides is 3. The number of carbonyl (C=O) groups excluding carboxylic acids is 4. The Hall–Kier alpha value is -1.92. The molecular formula is C23H38N2O5. The minimum atomic E-state index is -0.547. The Bertz CT molecular complexity index is 576. The van der Waals surface area contributed by atoms with Crippen LogP contribution in [0.25, 0.3) is 0 Å². The molecule has 0 N–H and O–H groups in total. The number of rotatable bonds is 15. The number of nitrogens with zero attached hydrogens (tertiary/aromatic N) is 2. The monoisotopic (exact) mass is 422 g/mol. The molecule has 7 nitrogen and oxygen atoms in total. The van der Waals surface area contributed by atoms with Crippen LogP contribution < -0.4 is 0 Å². The molecule has 2 rings (SSSR count). The van der Waals surface area contributed by atoms with E-state index in [-0.39, 0.29) is 23.7 Å². The van der Waals surface area contributed by atoms with Crippen LogP contribution in [0.15, 0.2) is 0 Å². The summed E-state index contributed by atoms with van der Waals surface area (Å²) in [4.78, 5) is 51.2. The molecule has 0 radical (unpaired) electrons. The second-order valence-corrected chi connectivity index (χ2v) is 8.43. The number of imide groups is 1. The molecule has 1 unspecified atom stereocenters. The van der Waals surface area contributed by atoms with Gasteiger partial charge >= 0.3 is 5.97 Å². The quantitative estimate of drug-likeness (QED) is 0.229. The van der Waals surface area contributed by atoms with E-state index in [4.69, 9.17) is 4.74 Å². The summed E-state index contributed by atoms with van der Waals surface area (Å²) in [7, 11) is 0. The third kappa shape index (κ3) is 7.73. The van der Waals surface area contributed by atoms with Gasteiger partial charge in [0.1, 0.15) is 6.04 Å². The molecule has 0 aromatic rings. The van der Waals surface area contributed by atoms with E-state index in [0.29, 0.717) is 58.2 Å². The zero-order chi connectivity index (χ0) is 21.8. The van der Waals surface area contributed by atoms with Gasteiger partial charge in [-0.15, -0.1) is 0 Å². The Labute approximate surface area is 180 Å². The van der Waals surface area contributed by atoms with E-state index in [9.17, 15) is 19.2 Å². The van der Waals surface area contributed by atoms with Crippen LogP contribution in [0.3, 0.4) is 0 Å². The average molecular weight is 423 g/mol. The summed E-state index contributed by atoms with van der Waals surface area (Å²) in [5.74, 6) is -0.525. The summed E-state index contributed by atoms with van der Waals surface area (Å²) in [6.45, 7) is 3.60. The Morgan fingerprint density at radius 1 is 0.867 bits per heavy atom. The van der Waals surface area contributed by atoms with Crippen LogP contribution in [-0.2, 0) is 23.9 Å². The van der Waals surface area contributed by atoms with Crippen LogP contribution in [0, 0.1) is 0 Å². The number of carbonyl (C=O) groups is 4. The van der Waals surface area contributed by atoms with Gasteiger partial charge in [0.25, 0.3) is 0 Å². The summed E-state index contributed by atoms with van der Waals surface area (Å²) >= 11 is 0. The molecule has 2 aliphatic rings. The van der Waals surface area contributed by atoms with Gasteiger partial charge in [0.15, 0.2) is 0 Å². The van der Waals surface area contributed by atoms with E-state index in [0.717, 1.165) is 19.3 Å². The number of unbranched alkanes of at least 4 members (excludes halogenated alkanes) is 7. The number of esters is 1. The van der Waals surface area contributed by atoms with Crippen LogP contribution in [0.5, 0.6) is 0 Å². The zero-order valence-corrected chi connectivity index (χ0v) is 18.5. The Balaban J connectivity index is 1.71. The van der Waals surface area contributed by atoms with Crippen molar-refractivity contribution in [2.45, 2.75) is 103 Å². The first-order chi connectivity index (χ1) is 14.5. The van der Waals surface area contributed by atoms with Gasteiger partial charge in [-0.05, 0) is 32.1 Å². The maximum absolute atomic E-state index is 12.7. The zero-order valence-electron chi connectivity index (χ0n) is 18.5. The van der Waals surface area contributed by atoms with E-state index < -0.39 is 6.04 Å². The fraction of sp³-hybridized carbons (Fsp3) is 0.826. The second kappa shape index (κ2) is 13.4. The van der Waals surface area contributed by atoms with Crippen molar-refractivity contribution in [2.75, 3.05) is 19.7 Å². The Kier molecular flexibility index (Phi) is 10.9. The molecule has 0 saturated carbocycles. The third-order valence-corrected chi connectivity index (χ3v) is 6.01. The lowest BCUT2D eigenvalue weighted by Crippen LogP contribution is -2.43. The normalized spacial score (nSPS) is 17.8. The van der Waals surface area contributed by atoms with Gasteiger partial charge in [-0.3, -0.25) is 19.3 Å². The lowest BCUT2D eigenvalue weighted by molar-refractivity contribution is -0.154. The molecule has 0 aliphatic carbocycles. The van der Waals surface area contributed by atoms with Crippen molar-refractivity contribution in [1.82, 2.24) is 9.80 Å². The topological polar surface area (TPSA) is 84.0 Å². The van der Waals surface area contributed by atoms with Crippen molar-refractivity contribution in [1.29, 1.82) is 0 Å². The van der Waals surface area contributed by atoms with Crippen molar-refractivity contribution in [3.8, 4) is 0 Å². The van der Waals surface area contributed by atoms with Crippen LogP contribution in [0.4, 0.5) is 0 Å². The SMILES string of the molecule is CCCCCCCCCOC(=O)C(CCCCN1C(=O)CCC1=O)N1CCCC1=O. The van der Waals surface area contributed by atoms with E-state index >= 15 is 0 Å². The highest BCUT2D eigenvalue weighted by Crippen LogP contribution is 2.20. The molecule has 0 bridgehead atoms. The number of hydrogen-bond acceptors (Lipinski definition) is 5. The van der Waals surface area contributed by atoms with Gasteiger partial charge in [-0.2, -0.15) is 0 Å². The fourth-order valence-electron chi connectivity index (χ4n) is 4.21. The lowest BCUT2D eigenvalue weighted by Gasteiger charge is -2.26. The van der Waals surface area contributed by atoms with E-state index in [1.54, 1.807) is 4.90 Å². The molecule has 0 aromatic heterocycles. The smallest absolute Gasteiger partial charge is 0.328 e. The van der Waals surface area contributed by atoms with Crippen molar-refractivity contribution in [3.05, 3.63) is 0 Å². The summed E-state index contributed by atoms with van der Waals surface area (Å²) in [6, 6.07) is -0.547. The molecule has 30 heavy (non-hydrogen) atoms. The standard InChI is InChI=1S/C23H38N2O5/c1-2-3-4-5-6-7-10-18-30-23(29)19(24-17-11-13-20(24)26)12-8-9-16-25-21(27)14-15-22(25)28/h19H,2-18H2,1H3. The van der Waals surface area contributed by atoms with Gasteiger partial charge in [0.05, 0.1) is 6.61 Å². The maximum Gasteiger partial charge on any atom is 0.328 e. The Morgan fingerprint density at radius 3 is 2.17 bits per heavy atom. The summed E-state index contributed by atoms with van der Waals surface area (Å²) in [5.41, 5.74) is 0. The highest BCUT2D eigenvalue weighted by Gasteiger charge is 2.34. The number of likely N-dealkylation sites (tertiary alicyclic amines) is 2. The summed E-state index contributed by atoms with van der Waals surface area (Å²) < 4.78 is 5.51. The van der Waals surface area contributed by atoms with Crippen molar-refractivity contribution < 1.29 is 23.9 Å². The van der Waals surface area contributed by atoms with Crippen LogP contribution in [0.1, 0.15) is 96.8 Å². The van der Waals surface area contributed by atoms with E-state index in [2.05, 4.69) is 6.92 Å². The molecular weight excluding hydrogens is 384 g/mol. The molecule has 2 heterocycles. The van der Waals surface area contributed by atoms with Crippen LogP contribution in [0.2, 0.25) is 0 Å². The van der Waals surface area contributed by atoms with Gasteiger partial charge in [0.2, 0.25) is 17.7 Å². The van der Waals surface area contributed by atoms with Gasteiger partial charge in [0, 0.05) is 32.4 Å². The average Bonchev–Trinajstić information content (AvgIpc) is 3.29. The van der Waals surface area contributed by atoms with Crippen LogP contribution >= 0.6 is 0 Å².